The zero-order valence-corrected chi connectivity index (χ0v) is 10.9. The SMILES string of the molecule is CC1CC(N)CCN1S(=O)(=O)c1ccnn1C. The number of aryl methyl sites for hydroxylation is 1. The number of piperidine rings is 1. The minimum Gasteiger partial charge on any atom is -0.328 e. The van der Waals surface area contributed by atoms with Crippen LogP contribution in [0.2, 0.25) is 0 Å². The molecule has 1 aliphatic rings. The van der Waals surface area contributed by atoms with Gasteiger partial charge in [0.25, 0.3) is 10.0 Å². The van der Waals surface area contributed by atoms with E-state index in [2.05, 4.69) is 5.10 Å². The van der Waals surface area contributed by atoms with Gasteiger partial charge in [-0.2, -0.15) is 9.40 Å². The molecule has 0 spiro atoms. The Balaban J connectivity index is 2.31. The zero-order chi connectivity index (χ0) is 12.6. The summed E-state index contributed by atoms with van der Waals surface area (Å²) in [6.07, 6.45) is 2.91. The fourth-order valence-electron chi connectivity index (χ4n) is 2.28. The highest BCUT2D eigenvalue weighted by Gasteiger charge is 2.34. The minimum absolute atomic E-state index is 0.0568. The van der Waals surface area contributed by atoms with Crippen LogP contribution >= 0.6 is 0 Å². The normalized spacial score (nSPS) is 27.2. The van der Waals surface area contributed by atoms with Gasteiger partial charge in [0.1, 0.15) is 0 Å². The number of rotatable bonds is 2. The average Bonchev–Trinajstić information content (AvgIpc) is 2.64. The Hall–Kier alpha value is -0.920. The van der Waals surface area contributed by atoms with Gasteiger partial charge in [0.05, 0.1) is 6.20 Å². The lowest BCUT2D eigenvalue weighted by Crippen LogP contribution is -2.48. The molecule has 1 aromatic rings. The summed E-state index contributed by atoms with van der Waals surface area (Å²) in [5, 5.41) is 4.14. The van der Waals surface area contributed by atoms with E-state index < -0.39 is 10.0 Å². The standard InChI is InChI=1S/C10H18N4O2S/c1-8-7-9(11)4-6-14(8)17(15,16)10-3-5-12-13(10)2/h3,5,8-9H,4,6-7,11H2,1-2H3. The second-order valence-corrected chi connectivity index (χ2v) is 6.38. The third-order valence-corrected chi connectivity index (χ3v) is 5.29. The maximum atomic E-state index is 12.4. The Morgan fingerprint density at radius 3 is 2.76 bits per heavy atom. The van der Waals surface area contributed by atoms with E-state index in [4.69, 9.17) is 5.73 Å². The first kappa shape index (κ1) is 12.5. The molecule has 2 atom stereocenters. The summed E-state index contributed by atoms with van der Waals surface area (Å²) < 4.78 is 27.7. The summed E-state index contributed by atoms with van der Waals surface area (Å²) in [6.45, 7) is 2.38. The van der Waals surface area contributed by atoms with Crippen molar-refractivity contribution < 1.29 is 8.42 Å². The quantitative estimate of drug-likeness (QED) is 0.804. The van der Waals surface area contributed by atoms with Crippen LogP contribution in [0.5, 0.6) is 0 Å². The van der Waals surface area contributed by atoms with Crippen molar-refractivity contribution in [1.29, 1.82) is 0 Å². The molecule has 17 heavy (non-hydrogen) atoms. The molecule has 0 bridgehead atoms. The van der Waals surface area contributed by atoms with Gasteiger partial charge in [-0.1, -0.05) is 0 Å². The summed E-state index contributed by atoms with van der Waals surface area (Å²) in [4.78, 5) is 0. The lowest BCUT2D eigenvalue weighted by molar-refractivity contribution is 0.246. The van der Waals surface area contributed by atoms with Crippen molar-refractivity contribution in [2.24, 2.45) is 12.8 Å². The number of sulfonamides is 1. The molecule has 1 aromatic heterocycles. The van der Waals surface area contributed by atoms with E-state index in [-0.39, 0.29) is 17.1 Å². The van der Waals surface area contributed by atoms with Gasteiger partial charge in [-0.05, 0) is 25.8 Å². The molecule has 6 nitrogen and oxygen atoms in total. The van der Waals surface area contributed by atoms with Crippen molar-refractivity contribution in [3.8, 4) is 0 Å². The maximum absolute atomic E-state index is 12.4. The second-order valence-electron chi connectivity index (χ2n) is 4.54. The Kier molecular flexibility index (Phi) is 3.24. The average molecular weight is 258 g/mol. The molecule has 2 heterocycles. The van der Waals surface area contributed by atoms with Crippen LogP contribution in [0.1, 0.15) is 19.8 Å². The molecule has 0 aromatic carbocycles. The highest BCUT2D eigenvalue weighted by molar-refractivity contribution is 7.89. The molecule has 2 N–H and O–H groups in total. The Labute approximate surface area is 101 Å². The van der Waals surface area contributed by atoms with Gasteiger partial charge in [-0.25, -0.2) is 8.42 Å². The van der Waals surface area contributed by atoms with Gasteiger partial charge >= 0.3 is 0 Å². The van der Waals surface area contributed by atoms with E-state index in [1.165, 1.54) is 21.3 Å². The first-order valence-electron chi connectivity index (χ1n) is 5.68. The summed E-state index contributed by atoms with van der Waals surface area (Å²) in [5.41, 5.74) is 5.84. The predicted molar refractivity (Wildman–Crippen MR) is 63.8 cm³/mol. The fourth-order valence-corrected chi connectivity index (χ4v) is 4.04. The number of aromatic nitrogens is 2. The molecular weight excluding hydrogens is 240 g/mol. The predicted octanol–water partition coefficient (Wildman–Crippen LogP) is -0.0796. The number of hydrogen-bond acceptors (Lipinski definition) is 4. The van der Waals surface area contributed by atoms with Crippen LogP contribution in [0.4, 0.5) is 0 Å². The molecule has 0 amide bonds. The van der Waals surface area contributed by atoms with E-state index in [9.17, 15) is 8.42 Å². The Morgan fingerprint density at radius 1 is 1.53 bits per heavy atom. The van der Waals surface area contributed by atoms with E-state index in [0.29, 0.717) is 19.4 Å². The van der Waals surface area contributed by atoms with E-state index in [1.807, 2.05) is 6.92 Å². The molecule has 0 radical (unpaired) electrons. The van der Waals surface area contributed by atoms with E-state index in [0.717, 1.165) is 0 Å². The molecular formula is C10H18N4O2S. The van der Waals surface area contributed by atoms with Crippen molar-refractivity contribution in [2.75, 3.05) is 6.54 Å². The van der Waals surface area contributed by atoms with Crippen molar-refractivity contribution in [3.63, 3.8) is 0 Å². The van der Waals surface area contributed by atoms with Crippen molar-refractivity contribution in [1.82, 2.24) is 14.1 Å². The van der Waals surface area contributed by atoms with Crippen molar-refractivity contribution in [2.45, 2.75) is 36.9 Å². The number of nitrogens with zero attached hydrogens (tertiary/aromatic N) is 3. The van der Waals surface area contributed by atoms with Gasteiger partial charge in [0.2, 0.25) is 0 Å². The van der Waals surface area contributed by atoms with Crippen LogP contribution in [-0.2, 0) is 17.1 Å². The highest BCUT2D eigenvalue weighted by Crippen LogP contribution is 2.24. The second kappa shape index (κ2) is 4.40. The first-order chi connectivity index (χ1) is 7.93. The largest absolute Gasteiger partial charge is 0.328 e. The molecule has 96 valence electrons. The van der Waals surface area contributed by atoms with Crippen LogP contribution < -0.4 is 5.73 Å². The topological polar surface area (TPSA) is 81.2 Å². The molecule has 1 fully saturated rings. The third-order valence-electron chi connectivity index (χ3n) is 3.20. The molecule has 1 aliphatic heterocycles. The van der Waals surface area contributed by atoms with Gasteiger partial charge < -0.3 is 5.73 Å². The van der Waals surface area contributed by atoms with Crippen molar-refractivity contribution >= 4 is 10.0 Å². The highest BCUT2D eigenvalue weighted by atomic mass is 32.2. The van der Waals surface area contributed by atoms with Gasteiger partial charge in [0.15, 0.2) is 5.03 Å². The Bertz CT molecular complexity index is 496. The summed E-state index contributed by atoms with van der Waals surface area (Å²) in [7, 11) is -1.81. The molecule has 7 heteroatoms. The van der Waals surface area contributed by atoms with Gasteiger partial charge in [0, 0.05) is 25.7 Å². The molecule has 2 unspecified atom stereocenters. The van der Waals surface area contributed by atoms with Gasteiger partial charge in [-0.15, -0.1) is 0 Å². The van der Waals surface area contributed by atoms with Gasteiger partial charge in [-0.3, -0.25) is 4.68 Å². The summed E-state index contributed by atoms with van der Waals surface area (Å²) in [5.74, 6) is 0. The molecule has 2 rings (SSSR count). The van der Waals surface area contributed by atoms with Crippen LogP contribution in [0.3, 0.4) is 0 Å². The molecule has 0 saturated carbocycles. The lowest BCUT2D eigenvalue weighted by Gasteiger charge is -2.35. The monoisotopic (exact) mass is 258 g/mol. The number of nitrogens with two attached hydrogens (primary N) is 1. The Morgan fingerprint density at radius 2 is 2.24 bits per heavy atom. The molecule has 1 saturated heterocycles. The summed E-state index contributed by atoms with van der Waals surface area (Å²) >= 11 is 0. The summed E-state index contributed by atoms with van der Waals surface area (Å²) in [6, 6.07) is 1.57. The van der Waals surface area contributed by atoms with Crippen LogP contribution in [0.25, 0.3) is 0 Å². The number of hydrogen-bond donors (Lipinski definition) is 1. The zero-order valence-electron chi connectivity index (χ0n) is 10.1. The van der Waals surface area contributed by atoms with Crippen LogP contribution in [-0.4, -0.2) is 41.1 Å². The smallest absolute Gasteiger partial charge is 0.260 e. The first-order valence-corrected chi connectivity index (χ1v) is 7.12. The van der Waals surface area contributed by atoms with E-state index >= 15 is 0 Å². The maximum Gasteiger partial charge on any atom is 0.260 e. The molecule has 0 aliphatic carbocycles. The minimum atomic E-state index is -3.44. The fraction of sp³-hybridized carbons (Fsp3) is 0.700. The third kappa shape index (κ3) is 2.22. The van der Waals surface area contributed by atoms with Crippen LogP contribution in [0.15, 0.2) is 17.3 Å². The van der Waals surface area contributed by atoms with E-state index in [1.54, 1.807) is 7.05 Å². The van der Waals surface area contributed by atoms with Crippen molar-refractivity contribution in [3.05, 3.63) is 12.3 Å². The van der Waals surface area contributed by atoms with Crippen LogP contribution in [0, 0.1) is 0 Å². The lowest BCUT2D eigenvalue weighted by atomic mass is 10.0.